The van der Waals surface area contributed by atoms with Crippen molar-refractivity contribution in [3.63, 3.8) is 0 Å². The molecule has 108 valence electrons. The third-order valence-corrected chi connectivity index (χ3v) is 2.67. The second-order valence-corrected chi connectivity index (χ2v) is 4.88. The molecule has 0 saturated heterocycles. The van der Waals surface area contributed by atoms with Crippen LogP contribution in [0.3, 0.4) is 0 Å². The number of benzene rings is 1. The standard InChI is InChI=1S/C14H17F2N3O/c1-9(2)17-6-10-4-12(15)14(13(16)5-10)20-11-7-18-19(3)8-11/h4-5,7-9,17H,6H2,1-3H3. The Morgan fingerprint density at radius 2 is 1.95 bits per heavy atom. The highest BCUT2D eigenvalue weighted by Crippen LogP contribution is 2.28. The third kappa shape index (κ3) is 3.54. The molecule has 6 heteroatoms. The summed E-state index contributed by atoms with van der Waals surface area (Å²) in [7, 11) is 1.69. The highest BCUT2D eigenvalue weighted by Gasteiger charge is 2.14. The molecule has 0 bridgehead atoms. The number of ether oxygens (including phenoxy) is 1. The first-order valence-electron chi connectivity index (χ1n) is 6.33. The fourth-order valence-corrected chi connectivity index (χ4v) is 1.70. The molecule has 1 aromatic carbocycles. The largest absolute Gasteiger partial charge is 0.448 e. The molecule has 1 heterocycles. The lowest BCUT2D eigenvalue weighted by Crippen LogP contribution is -2.22. The van der Waals surface area contributed by atoms with Crippen LogP contribution in [0.15, 0.2) is 24.5 Å². The smallest absolute Gasteiger partial charge is 0.198 e. The van der Waals surface area contributed by atoms with Crippen LogP contribution in [0.2, 0.25) is 0 Å². The molecule has 0 fully saturated rings. The Kier molecular flexibility index (Phi) is 4.34. The zero-order chi connectivity index (χ0) is 14.7. The van der Waals surface area contributed by atoms with E-state index in [-0.39, 0.29) is 6.04 Å². The van der Waals surface area contributed by atoms with E-state index in [4.69, 9.17) is 4.74 Å². The van der Waals surface area contributed by atoms with Gasteiger partial charge >= 0.3 is 0 Å². The van der Waals surface area contributed by atoms with Crippen LogP contribution < -0.4 is 10.1 Å². The zero-order valence-electron chi connectivity index (χ0n) is 11.7. The van der Waals surface area contributed by atoms with Crippen LogP contribution in [0.4, 0.5) is 8.78 Å². The molecule has 0 atom stereocenters. The van der Waals surface area contributed by atoms with Crippen LogP contribution in [-0.2, 0) is 13.6 Å². The summed E-state index contributed by atoms with van der Waals surface area (Å²) in [5.74, 6) is -1.58. The maximum absolute atomic E-state index is 13.9. The van der Waals surface area contributed by atoms with Gasteiger partial charge in [-0.3, -0.25) is 4.68 Å². The molecule has 2 rings (SSSR count). The van der Waals surface area contributed by atoms with Gasteiger partial charge < -0.3 is 10.1 Å². The van der Waals surface area contributed by atoms with Crippen molar-refractivity contribution in [1.29, 1.82) is 0 Å². The van der Waals surface area contributed by atoms with Crippen molar-refractivity contribution in [3.05, 3.63) is 41.7 Å². The van der Waals surface area contributed by atoms with Crippen molar-refractivity contribution in [3.8, 4) is 11.5 Å². The first-order chi connectivity index (χ1) is 9.45. The van der Waals surface area contributed by atoms with Crippen molar-refractivity contribution < 1.29 is 13.5 Å². The van der Waals surface area contributed by atoms with Gasteiger partial charge in [0.15, 0.2) is 23.1 Å². The number of aromatic nitrogens is 2. The Morgan fingerprint density at radius 1 is 1.30 bits per heavy atom. The van der Waals surface area contributed by atoms with Crippen molar-refractivity contribution in [2.75, 3.05) is 0 Å². The van der Waals surface area contributed by atoms with Gasteiger partial charge in [0.05, 0.1) is 12.4 Å². The number of hydrogen-bond acceptors (Lipinski definition) is 3. The summed E-state index contributed by atoms with van der Waals surface area (Å²) in [6.07, 6.45) is 2.93. The summed E-state index contributed by atoms with van der Waals surface area (Å²) in [4.78, 5) is 0. The van der Waals surface area contributed by atoms with Crippen LogP contribution in [0.5, 0.6) is 11.5 Å². The molecular weight excluding hydrogens is 264 g/mol. The van der Waals surface area contributed by atoms with E-state index in [1.807, 2.05) is 13.8 Å². The number of rotatable bonds is 5. The van der Waals surface area contributed by atoms with Crippen LogP contribution in [0.25, 0.3) is 0 Å². The molecule has 0 aliphatic heterocycles. The Morgan fingerprint density at radius 3 is 2.45 bits per heavy atom. The average Bonchev–Trinajstić information content (AvgIpc) is 2.77. The van der Waals surface area contributed by atoms with Gasteiger partial charge in [0.2, 0.25) is 0 Å². The molecule has 1 aromatic heterocycles. The average molecular weight is 281 g/mol. The molecule has 0 aliphatic carbocycles. The quantitative estimate of drug-likeness (QED) is 0.915. The van der Waals surface area contributed by atoms with Crippen LogP contribution in [0.1, 0.15) is 19.4 Å². The van der Waals surface area contributed by atoms with E-state index in [2.05, 4.69) is 10.4 Å². The van der Waals surface area contributed by atoms with Gasteiger partial charge in [-0.15, -0.1) is 0 Å². The SMILES string of the molecule is CC(C)NCc1cc(F)c(Oc2cnn(C)c2)c(F)c1. The predicted molar refractivity (Wildman–Crippen MR) is 71.6 cm³/mol. The summed E-state index contributed by atoms with van der Waals surface area (Å²) in [5, 5.41) is 6.98. The second-order valence-electron chi connectivity index (χ2n) is 4.88. The first kappa shape index (κ1) is 14.5. The number of halogens is 2. The summed E-state index contributed by atoms with van der Waals surface area (Å²) in [6.45, 7) is 4.33. The molecule has 0 aliphatic rings. The van der Waals surface area contributed by atoms with Gasteiger partial charge in [-0.1, -0.05) is 13.8 Å². The van der Waals surface area contributed by atoms with Gasteiger partial charge in [-0.05, 0) is 17.7 Å². The maximum Gasteiger partial charge on any atom is 0.198 e. The summed E-state index contributed by atoms with van der Waals surface area (Å²) in [6, 6.07) is 2.78. The molecular formula is C14H17F2N3O. The number of aryl methyl sites for hydroxylation is 1. The molecule has 0 spiro atoms. The third-order valence-electron chi connectivity index (χ3n) is 2.67. The minimum atomic E-state index is -0.727. The molecule has 0 radical (unpaired) electrons. The lowest BCUT2D eigenvalue weighted by atomic mass is 10.2. The Hall–Kier alpha value is -1.95. The van der Waals surface area contributed by atoms with Gasteiger partial charge in [-0.25, -0.2) is 8.78 Å². The topological polar surface area (TPSA) is 39.1 Å². The fraction of sp³-hybridized carbons (Fsp3) is 0.357. The van der Waals surface area contributed by atoms with Crippen molar-refractivity contribution in [2.24, 2.45) is 7.05 Å². The van der Waals surface area contributed by atoms with Crippen molar-refractivity contribution in [2.45, 2.75) is 26.4 Å². The van der Waals surface area contributed by atoms with Gasteiger partial charge in [0.1, 0.15) is 0 Å². The van der Waals surface area contributed by atoms with E-state index in [1.165, 1.54) is 29.2 Å². The van der Waals surface area contributed by atoms with Gasteiger partial charge in [0.25, 0.3) is 0 Å². The fourth-order valence-electron chi connectivity index (χ4n) is 1.70. The number of nitrogens with one attached hydrogen (secondary N) is 1. The van der Waals surface area contributed by atoms with E-state index >= 15 is 0 Å². The Bertz CT molecular complexity index is 573. The molecule has 4 nitrogen and oxygen atoms in total. The highest BCUT2D eigenvalue weighted by atomic mass is 19.1. The predicted octanol–water partition coefficient (Wildman–Crippen LogP) is 2.99. The lowest BCUT2D eigenvalue weighted by Gasteiger charge is -2.11. The molecule has 20 heavy (non-hydrogen) atoms. The van der Waals surface area contributed by atoms with Crippen molar-refractivity contribution >= 4 is 0 Å². The van der Waals surface area contributed by atoms with E-state index in [0.29, 0.717) is 17.9 Å². The molecule has 0 unspecified atom stereocenters. The van der Waals surface area contributed by atoms with Crippen molar-refractivity contribution in [1.82, 2.24) is 15.1 Å². The molecule has 1 N–H and O–H groups in total. The summed E-state index contributed by atoms with van der Waals surface area (Å²) >= 11 is 0. The second kappa shape index (κ2) is 6.00. The number of hydrogen-bond donors (Lipinski definition) is 1. The summed E-state index contributed by atoms with van der Waals surface area (Å²) < 4.78 is 34.5. The minimum absolute atomic E-state index is 0.243. The molecule has 2 aromatic rings. The van der Waals surface area contributed by atoms with E-state index < -0.39 is 17.4 Å². The van der Waals surface area contributed by atoms with Crippen LogP contribution >= 0.6 is 0 Å². The maximum atomic E-state index is 13.9. The Balaban J connectivity index is 2.18. The normalized spacial score (nSPS) is 11.1. The van der Waals surface area contributed by atoms with Crippen LogP contribution in [-0.4, -0.2) is 15.8 Å². The first-order valence-corrected chi connectivity index (χ1v) is 6.33. The minimum Gasteiger partial charge on any atom is -0.448 e. The summed E-state index contributed by atoms with van der Waals surface area (Å²) in [5.41, 5.74) is 0.534. The van der Waals surface area contributed by atoms with E-state index in [0.717, 1.165) is 0 Å². The Labute approximate surface area is 116 Å². The molecule has 0 amide bonds. The zero-order valence-corrected chi connectivity index (χ0v) is 11.7. The van der Waals surface area contributed by atoms with E-state index in [9.17, 15) is 8.78 Å². The highest BCUT2D eigenvalue weighted by molar-refractivity contribution is 5.34. The van der Waals surface area contributed by atoms with Gasteiger partial charge in [-0.2, -0.15) is 5.10 Å². The molecule has 0 saturated carbocycles. The van der Waals surface area contributed by atoms with E-state index in [1.54, 1.807) is 7.05 Å². The number of nitrogens with zero attached hydrogens (tertiary/aromatic N) is 2. The lowest BCUT2D eigenvalue weighted by molar-refractivity contribution is 0.405. The van der Waals surface area contributed by atoms with Crippen LogP contribution in [0, 0.1) is 11.6 Å². The van der Waals surface area contributed by atoms with Gasteiger partial charge in [0, 0.05) is 19.6 Å². The monoisotopic (exact) mass is 281 g/mol.